The highest BCUT2D eigenvalue weighted by molar-refractivity contribution is 8.01. The molecule has 0 aliphatic carbocycles. The van der Waals surface area contributed by atoms with Crippen LogP contribution in [0.3, 0.4) is 0 Å². The zero-order valence-electron chi connectivity index (χ0n) is 15.4. The van der Waals surface area contributed by atoms with Crippen LogP contribution in [0.1, 0.15) is 24.9 Å². The van der Waals surface area contributed by atoms with E-state index in [-0.39, 0.29) is 24.3 Å². The molecule has 142 valence electrons. The minimum absolute atomic E-state index is 0.0987. The largest absolute Gasteiger partial charge is 0.497 e. The first-order valence-electron chi connectivity index (χ1n) is 8.59. The van der Waals surface area contributed by atoms with E-state index in [9.17, 15) is 9.59 Å². The van der Waals surface area contributed by atoms with Crippen molar-refractivity contribution >= 4 is 29.3 Å². The van der Waals surface area contributed by atoms with Gasteiger partial charge in [0.15, 0.2) is 0 Å². The number of carbonyl (C=O) groups excluding carboxylic acids is 2. The van der Waals surface area contributed by atoms with Crippen LogP contribution in [0.25, 0.3) is 0 Å². The summed E-state index contributed by atoms with van der Waals surface area (Å²) in [5.74, 6) is 1.01. The molecule has 1 aliphatic rings. The van der Waals surface area contributed by atoms with Gasteiger partial charge in [-0.1, -0.05) is 12.1 Å². The Bertz CT molecular complexity index is 856. The van der Waals surface area contributed by atoms with E-state index in [4.69, 9.17) is 9.47 Å². The van der Waals surface area contributed by atoms with Crippen molar-refractivity contribution in [2.24, 2.45) is 0 Å². The van der Waals surface area contributed by atoms with Gasteiger partial charge >= 0.3 is 0 Å². The number of carbonyl (C=O) groups is 2. The molecule has 6 nitrogen and oxygen atoms in total. The summed E-state index contributed by atoms with van der Waals surface area (Å²) in [7, 11) is 3.17. The summed E-state index contributed by atoms with van der Waals surface area (Å²) < 4.78 is 10.6. The van der Waals surface area contributed by atoms with Crippen LogP contribution >= 0.6 is 11.8 Å². The molecular formula is C20H22N2O4S. The van der Waals surface area contributed by atoms with Gasteiger partial charge in [-0.05, 0) is 37.3 Å². The monoisotopic (exact) mass is 386 g/mol. The summed E-state index contributed by atoms with van der Waals surface area (Å²) in [5.41, 5.74) is 1.61. The molecule has 2 N–H and O–H groups in total. The number of para-hydroxylation sites is 1. The summed E-state index contributed by atoms with van der Waals surface area (Å²) in [6, 6.07) is 12.7. The number of amides is 2. The minimum Gasteiger partial charge on any atom is -0.497 e. The number of hydrogen-bond acceptors (Lipinski definition) is 5. The number of nitrogens with one attached hydrogen (secondary N) is 2. The fourth-order valence-electron chi connectivity index (χ4n) is 2.95. The molecule has 2 amide bonds. The van der Waals surface area contributed by atoms with E-state index in [2.05, 4.69) is 10.6 Å². The van der Waals surface area contributed by atoms with Gasteiger partial charge < -0.3 is 20.1 Å². The second-order valence-electron chi connectivity index (χ2n) is 6.19. The van der Waals surface area contributed by atoms with Gasteiger partial charge in [-0.25, -0.2) is 0 Å². The van der Waals surface area contributed by atoms with E-state index in [1.165, 1.54) is 11.8 Å². The Morgan fingerprint density at radius 3 is 2.74 bits per heavy atom. The van der Waals surface area contributed by atoms with Gasteiger partial charge in [-0.3, -0.25) is 9.59 Å². The van der Waals surface area contributed by atoms with Gasteiger partial charge in [-0.2, -0.15) is 0 Å². The van der Waals surface area contributed by atoms with Crippen molar-refractivity contribution in [1.29, 1.82) is 0 Å². The fourth-order valence-corrected chi connectivity index (χ4v) is 4.06. The maximum atomic E-state index is 12.5. The van der Waals surface area contributed by atoms with Gasteiger partial charge in [0.1, 0.15) is 11.5 Å². The quantitative estimate of drug-likeness (QED) is 0.796. The summed E-state index contributed by atoms with van der Waals surface area (Å²) in [6.07, 6.45) is 0.0987. The molecule has 0 radical (unpaired) electrons. The minimum atomic E-state index is -0.459. The number of ether oxygens (including phenoxy) is 2. The standard InChI is InChI=1S/C20H22N2O4S/c1-12(14-10-13(25-2)8-9-16(14)26-3)21-19(23)11-18-20(24)22-15-6-4-5-7-17(15)27-18/h4-10,12,18H,11H2,1-3H3,(H,21,23)(H,22,24)/t12-,18+/m0/s1. The van der Waals surface area contributed by atoms with Crippen molar-refractivity contribution in [3.63, 3.8) is 0 Å². The molecule has 0 unspecified atom stereocenters. The summed E-state index contributed by atoms with van der Waals surface area (Å²) in [5, 5.41) is 5.34. The Morgan fingerprint density at radius 2 is 2.00 bits per heavy atom. The Hall–Kier alpha value is -2.67. The number of fused-ring (bicyclic) bond motifs is 1. The topological polar surface area (TPSA) is 76.7 Å². The third kappa shape index (κ3) is 4.36. The lowest BCUT2D eigenvalue weighted by Crippen LogP contribution is -2.35. The zero-order valence-corrected chi connectivity index (χ0v) is 16.3. The predicted molar refractivity (Wildman–Crippen MR) is 105 cm³/mol. The molecule has 0 spiro atoms. The molecule has 27 heavy (non-hydrogen) atoms. The molecule has 2 aromatic rings. The van der Waals surface area contributed by atoms with Crippen LogP contribution in [0, 0.1) is 0 Å². The molecule has 0 bridgehead atoms. The summed E-state index contributed by atoms with van der Waals surface area (Å²) in [6.45, 7) is 1.87. The molecule has 2 atom stereocenters. The SMILES string of the molecule is COc1ccc(OC)c([C@H](C)NC(=O)C[C@H]2Sc3ccccc3NC2=O)c1. The Morgan fingerprint density at radius 1 is 1.22 bits per heavy atom. The molecule has 0 aromatic heterocycles. The average Bonchev–Trinajstić information content (AvgIpc) is 2.67. The Kier molecular flexibility index (Phi) is 5.91. The van der Waals surface area contributed by atoms with E-state index in [1.807, 2.05) is 37.3 Å². The van der Waals surface area contributed by atoms with Crippen LogP contribution in [-0.2, 0) is 9.59 Å². The molecule has 1 heterocycles. The van der Waals surface area contributed by atoms with Crippen molar-refractivity contribution in [3.8, 4) is 11.5 Å². The maximum Gasteiger partial charge on any atom is 0.238 e. The molecule has 0 fully saturated rings. The van der Waals surface area contributed by atoms with Crippen LogP contribution in [0.2, 0.25) is 0 Å². The van der Waals surface area contributed by atoms with Crippen LogP contribution in [-0.4, -0.2) is 31.3 Å². The second-order valence-corrected chi connectivity index (χ2v) is 7.44. The van der Waals surface area contributed by atoms with Gasteiger partial charge in [0.25, 0.3) is 0 Å². The number of anilines is 1. The lowest BCUT2D eigenvalue weighted by molar-refractivity contribution is -0.124. The first-order chi connectivity index (χ1) is 13.0. The van der Waals surface area contributed by atoms with Crippen LogP contribution in [0.5, 0.6) is 11.5 Å². The number of hydrogen-bond donors (Lipinski definition) is 2. The van der Waals surface area contributed by atoms with Crippen molar-refractivity contribution in [1.82, 2.24) is 5.32 Å². The van der Waals surface area contributed by atoms with E-state index in [0.29, 0.717) is 11.5 Å². The number of rotatable bonds is 6. The molecule has 7 heteroatoms. The van der Waals surface area contributed by atoms with Crippen LogP contribution < -0.4 is 20.1 Å². The molecule has 2 aromatic carbocycles. The molecule has 0 saturated carbocycles. The van der Waals surface area contributed by atoms with E-state index >= 15 is 0 Å². The smallest absolute Gasteiger partial charge is 0.238 e. The first-order valence-corrected chi connectivity index (χ1v) is 9.47. The summed E-state index contributed by atoms with van der Waals surface area (Å²) in [4.78, 5) is 25.8. The highest BCUT2D eigenvalue weighted by Gasteiger charge is 2.29. The van der Waals surface area contributed by atoms with Crippen molar-refractivity contribution in [3.05, 3.63) is 48.0 Å². The van der Waals surface area contributed by atoms with E-state index in [0.717, 1.165) is 16.1 Å². The van der Waals surface area contributed by atoms with Crippen molar-refractivity contribution < 1.29 is 19.1 Å². The number of benzene rings is 2. The van der Waals surface area contributed by atoms with Gasteiger partial charge in [-0.15, -0.1) is 11.8 Å². The third-order valence-electron chi connectivity index (χ3n) is 4.36. The third-order valence-corrected chi connectivity index (χ3v) is 5.63. The lowest BCUT2D eigenvalue weighted by atomic mass is 10.1. The Labute approximate surface area is 162 Å². The van der Waals surface area contributed by atoms with Crippen LogP contribution in [0.4, 0.5) is 5.69 Å². The Balaban J connectivity index is 1.67. The maximum absolute atomic E-state index is 12.5. The number of methoxy groups -OCH3 is 2. The normalized spacial score (nSPS) is 16.7. The zero-order chi connectivity index (χ0) is 19.4. The molecule has 0 saturated heterocycles. The first kappa shape index (κ1) is 19.1. The predicted octanol–water partition coefficient (Wildman–Crippen LogP) is 3.38. The fraction of sp³-hybridized carbons (Fsp3) is 0.300. The van der Waals surface area contributed by atoms with Gasteiger partial charge in [0, 0.05) is 16.9 Å². The highest BCUT2D eigenvalue weighted by atomic mass is 32.2. The summed E-state index contributed by atoms with van der Waals surface area (Å²) >= 11 is 1.41. The molecular weight excluding hydrogens is 364 g/mol. The van der Waals surface area contributed by atoms with Crippen molar-refractivity contribution in [2.75, 3.05) is 19.5 Å². The van der Waals surface area contributed by atoms with Gasteiger partial charge in [0.05, 0.1) is 31.2 Å². The second kappa shape index (κ2) is 8.35. The molecule has 3 rings (SSSR count). The van der Waals surface area contributed by atoms with Crippen molar-refractivity contribution in [2.45, 2.75) is 29.5 Å². The van der Waals surface area contributed by atoms with E-state index in [1.54, 1.807) is 26.4 Å². The van der Waals surface area contributed by atoms with E-state index < -0.39 is 5.25 Å². The lowest BCUT2D eigenvalue weighted by Gasteiger charge is -2.24. The number of thioether (sulfide) groups is 1. The van der Waals surface area contributed by atoms with Crippen LogP contribution in [0.15, 0.2) is 47.4 Å². The molecule has 1 aliphatic heterocycles. The average molecular weight is 386 g/mol. The van der Waals surface area contributed by atoms with Gasteiger partial charge in [0.2, 0.25) is 11.8 Å². The highest BCUT2D eigenvalue weighted by Crippen LogP contribution is 2.36.